The predicted molar refractivity (Wildman–Crippen MR) is 71.3 cm³/mol. The van der Waals surface area contributed by atoms with E-state index < -0.39 is 0 Å². The van der Waals surface area contributed by atoms with E-state index >= 15 is 0 Å². The smallest absolute Gasteiger partial charge is 0.246 e. The Morgan fingerprint density at radius 3 is 2.59 bits per heavy atom. The van der Waals surface area contributed by atoms with E-state index in [1.165, 1.54) is 0 Å². The third-order valence-electron chi connectivity index (χ3n) is 2.15. The number of rotatable bonds is 6. The summed E-state index contributed by atoms with van der Waals surface area (Å²) in [5, 5.41) is 2.79. The maximum atomic E-state index is 11.2. The van der Waals surface area contributed by atoms with Crippen LogP contribution < -0.4 is 11.1 Å². The normalized spacial score (nSPS) is 9.47. The van der Waals surface area contributed by atoms with Gasteiger partial charge < -0.3 is 15.8 Å². The third-order valence-corrected chi connectivity index (χ3v) is 2.15. The summed E-state index contributed by atoms with van der Waals surface area (Å²) in [5.41, 5.74) is 7.48. The van der Waals surface area contributed by atoms with Gasteiger partial charge in [-0.15, -0.1) is 12.4 Å². The molecule has 0 atom stereocenters. The van der Waals surface area contributed by atoms with Crippen LogP contribution in [0.3, 0.4) is 0 Å². The van der Waals surface area contributed by atoms with Gasteiger partial charge in [0.2, 0.25) is 5.91 Å². The number of anilines is 1. The first kappa shape index (κ1) is 15.7. The van der Waals surface area contributed by atoms with Gasteiger partial charge in [-0.2, -0.15) is 0 Å². The fraction of sp³-hybridized carbons (Fsp3) is 0.417. The molecule has 0 aliphatic carbocycles. The molecule has 1 amide bonds. The van der Waals surface area contributed by atoms with Crippen molar-refractivity contribution in [2.75, 3.05) is 25.5 Å². The van der Waals surface area contributed by atoms with Crippen LogP contribution in [-0.4, -0.2) is 25.7 Å². The van der Waals surface area contributed by atoms with Gasteiger partial charge in [0.1, 0.15) is 6.61 Å². The molecule has 0 saturated carbocycles. The highest BCUT2D eigenvalue weighted by molar-refractivity contribution is 5.85. The summed E-state index contributed by atoms with van der Waals surface area (Å²) in [6.45, 7) is 3.18. The van der Waals surface area contributed by atoms with E-state index in [0.717, 1.165) is 17.7 Å². The van der Waals surface area contributed by atoms with Crippen LogP contribution in [0.4, 0.5) is 5.69 Å². The van der Waals surface area contributed by atoms with Crippen LogP contribution in [0.25, 0.3) is 0 Å². The van der Waals surface area contributed by atoms with Crippen LogP contribution in [-0.2, 0) is 16.0 Å². The molecule has 3 N–H and O–H groups in total. The van der Waals surface area contributed by atoms with Crippen molar-refractivity contribution in [3.05, 3.63) is 29.8 Å². The molecule has 96 valence electrons. The molecule has 17 heavy (non-hydrogen) atoms. The lowest BCUT2D eigenvalue weighted by Crippen LogP contribution is -2.29. The van der Waals surface area contributed by atoms with E-state index in [1.54, 1.807) is 0 Å². The second-order valence-electron chi connectivity index (χ2n) is 3.48. The molecule has 0 fully saturated rings. The SMILES string of the molecule is CCOCC(=O)NCCc1ccc(N)cc1.Cl. The summed E-state index contributed by atoms with van der Waals surface area (Å²) in [5.74, 6) is -0.0719. The zero-order valence-electron chi connectivity index (χ0n) is 9.94. The lowest BCUT2D eigenvalue weighted by atomic mass is 10.1. The Bertz CT molecular complexity index is 328. The van der Waals surface area contributed by atoms with Crippen LogP contribution in [0.1, 0.15) is 12.5 Å². The molecule has 1 aromatic carbocycles. The fourth-order valence-electron chi connectivity index (χ4n) is 1.28. The molecule has 0 radical (unpaired) electrons. The third kappa shape index (κ3) is 6.81. The first-order chi connectivity index (χ1) is 7.72. The Labute approximate surface area is 108 Å². The number of ether oxygens (including phenoxy) is 1. The minimum absolute atomic E-state index is 0. The van der Waals surface area contributed by atoms with Crippen LogP contribution in [0.5, 0.6) is 0 Å². The average Bonchev–Trinajstić information content (AvgIpc) is 2.29. The Morgan fingerprint density at radius 2 is 2.00 bits per heavy atom. The van der Waals surface area contributed by atoms with Gasteiger partial charge in [-0.05, 0) is 31.0 Å². The monoisotopic (exact) mass is 258 g/mol. The Hall–Kier alpha value is -1.26. The van der Waals surface area contributed by atoms with E-state index in [-0.39, 0.29) is 24.9 Å². The lowest BCUT2D eigenvalue weighted by Gasteiger charge is -2.05. The number of carbonyl (C=O) groups excluding carboxylic acids is 1. The van der Waals surface area contributed by atoms with Gasteiger partial charge in [0.05, 0.1) is 0 Å². The predicted octanol–water partition coefficient (Wildman–Crippen LogP) is 1.39. The standard InChI is InChI=1S/C12H18N2O2.ClH/c1-2-16-9-12(15)14-8-7-10-3-5-11(13)6-4-10;/h3-6H,2,7-9,13H2,1H3,(H,14,15);1H. The van der Waals surface area contributed by atoms with E-state index in [1.807, 2.05) is 31.2 Å². The summed E-state index contributed by atoms with van der Waals surface area (Å²) < 4.78 is 4.99. The molecule has 1 aromatic rings. The van der Waals surface area contributed by atoms with Crippen LogP contribution in [0.15, 0.2) is 24.3 Å². The van der Waals surface area contributed by atoms with Gasteiger partial charge in [-0.3, -0.25) is 4.79 Å². The van der Waals surface area contributed by atoms with Gasteiger partial charge in [-0.1, -0.05) is 12.1 Å². The highest BCUT2D eigenvalue weighted by atomic mass is 35.5. The molecule has 0 saturated heterocycles. The van der Waals surface area contributed by atoms with Crippen molar-refractivity contribution in [1.82, 2.24) is 5.32 Å². The molecular formula is C12H19ClN2O2. The summed E-state index contributed by atoms with van der Waals surface area (Å²) >= 11 is 0. The van der Waals surface area contributed by atoms with E-state index in [2.05, 4.69) is 5.32 Å². The number of hydrogen-bond acceptors (Lipinski definition) is 3. The van der Waals surface area contributed by atoms with Crippen molar-refractivity contribution in [1.29, 1.82) is 0 Å². The van der Waals surface area contributed by atoms with Gasteiger partial charge >= 0.3 is 0 Å². The number of nitrogen functional groups attached to an aromatic ring is 1. The maximum Gasteiger partial charge on any atom is 0.246 e. The number of hydrogen-bond donors (Lipinski definition) is 2. The van der Waals surface area contributed by atoms with Crippen molar-refractivity contribution in [2.45, 2.75) is 13.3 Å². The van der Waals surface area contributed by atoms with E-state index in [9.17, 15) is 4.79 Å². The number of halogens is 1. The molecule has 0 heterocycles. The summed E-state index contributed by atoms with van der Waals surface area (Å²) in [7, 11) is 0. The average molecular weight is 259 g/mol. The molecule has 0 aliphatic rings. The van der Waals surface area contributed by atoms with Gasteiger partial charge in [0.25, 0.3) is 0 Å². The van der Waals surface area contributed by atoms with Crippen LogP contribution in [0, 0.1) is 0 Å². The molecule has 4 nitrogen and oxygen atoms in total. The number of benzene rings is 1. The minimum atomic E-state index is -0.0719. The molecule has 0 bridgehead atoms. The van der Waals surface area contributed by atoms with Crippen molar-refractivity contribution in [2.24, 2.45) is 0 Å². The van der Waals surface area contributed by atoms with Gasteiger partial charge in [-0.25, -0.2) is 0 Å². The van der Waals surface area contributed by atoms with Crippen LogP contribution >= 0.6 is 12.4 Å². The fourth-order valence-corrected chi connectivity index (χ4v) is 1.28. The van der Waals surface area contributed by atoms with E-state index in [0.29, 0.717) is 13.2 Å². The van der Waals surface area contributed by atoms with Crippen molar-refractivity contribution in [3.63, 3.8) is 0 Å². The van der Waals surface area contributed by atoms with Crippen molar-refractivity contribution >= 4 is 24.0 Å². The summed E-state index contributed by atoms with van der Waals surface area (Å²) in [4.78, 5) is 11.2. The summed E-state index contributed by atoms with van der Waals surface area (Å²) in [6.07, 6.45) is 0.804. The van der Waals surface area contributed by atoms with Gasteiger partial charge in [0.15, 0.2) is 0 Å². The molecule has 1 rings (SSSR count). The Morgan fingerprint density at radius 1 is 1.35 bits per heavy atom. The Kier molecular flexibility index (Phi) is 8.19. The minimum Gasteiger partial charge on any atom is -0.399 e. The number of nitrogens with two attached hydrogens (primary N) is 1. The van der Waals surface area contributed by atoms with Gasteiger partial charge in [0, 0.05) is 18.8 Å². The number of carbonyl (C=O) groups is 1. The zero-order chi connectivity index (χ0) is 11.8. The second-order valence-corrected chi connectivity index (χ2v) is 3.48. The maximum absolute atomic E-state index is 11.2. The largest absolute Gasteiger partial charge is 0.399 e. The van der Waals surface area contributed by atoms with Crippen molar-refractivity contribution in [3.8, 4) is 0 Å². The highest BCUT2D eigenvalue weighted by Crippen LogP contribution is 2.05. The lowest BCUT2D eigenvalue weighted by molar-refractivity contribution is -0.125. The quantitative estimate of drug-likeness (QED) is 0.758. The first-order valence-corrected chi connectivity index (χ1v) is 5.41. The molecule has 0 aromatic heterocycles. The molecule has 5 heteroatoms. The highest BCUT2D eigenvalue weighted by Gasteiger charge is 1.99. The van der Waals surface area contributed by atoms with Crippen LogP contribution in [0.2, 0.25) is 0 Å². The van der Waals surface area contributed by atoms with Crippen molar-refractivity contribution < 1.29 is 9.53 Å². The molecule has 0 spiro atoms. The topological polar surface area (TPSA) is 64.3 Å². The molecular weight excluding hydrogens is 240 g/mol. The zero-order valence-corrected chi connectivity index (χ0v) is 10.8. The van der Waals surface area contributed by atoms with E-state index in [4.69, 9.17) is 10.5 Å². The molecule has 0 unspecified atom stereocenters. The number of nitrogens with one attached hydrogen (secondary N) is 1. The summed E-state index contributed by atoms with van der Waals surface area (Å²) in [6, 6.07) is 7.64. The molecule has 0 aliphatic heterocycles. The number of amides is 1. The first-order valence-electron chi connectivity index (χ1n) is 5.41. The second kappa shape index (κ2) is 8.84. The Balaban J connectivity index is 0.00000256.